The molecule has 0 spiro atoms. The first-order valence-corrected chi connectivity index (χ1v) is 8.38. The van der Waals surface area contributed by atoms with E-state index in [0.717, 1.165) is 21.3 Å². The van der Waals surface area contributed by atoms with Crippen LogP contribution in [0.15, 0.2) is 62.6 Å². The monoisotopic (exact) mass is 376 g/mol. The summed E-state index contributed by atoms with van der Waals surface area (Å²) in [7, 11) is 0. The number of nitrogens with one attached hydrogen (secondary N) is 1. The Kier molecular flexibility index (Phi) is 4.49. The number of thioether (sulfide) groups is 1. The molecule has 0 saturated heterocycles. The highest BCUT2D eigenvalue weighted by atomic mass is 79.9. The molecule has 2 aromatic carbocycles. The van der Waals surface area contributed by atoms with Crippen LogP contribution < -0.4 is 5.32 Å². The largest absolute Gasteiger partial charge is 0.431 e. The van der Waals surface area contributed by atoms with Crippen LogP contribution in [-0.4, -0.2) is 16.1 Å². The fourth-order valence-corrected chi connectivity index (χ4v) is 3.04. The third kappa shape index (κ3) is 3.34. The van der Waals surface area contributed by atoms with Crippen molar-refractivity contribution in [3.8, 4) is 0 Å². The summed E-state index contributed by atoms with van der Waals surface area (Å²) in [5.74, 6) is -0.0980. The number of carbonyl (C=O) groups excluding carboxylic acids is 1. The zero-order chi connectivity index (χ0) is 15.5. The van der Waals surface area contributed by atoms with Crippen LogP contribution in [0.3, 0.4) is 0 Å². The Morgan fingerprint density at radius 3 is 2.73 bits per heavy atom. The maximum absolute atomic E-state index is 12.3. The Bertz CT molecular complexity index is 786. The van der Waals surface area contributed by atoms with Gasteiger partial charge >= 0.3 is 0 Å². The molecule has 0 fully saturated rings. The number of carbonyl (C=O) groups is 1. The van der Waals surface area contributed by atoms with E-state index in [0.29, 0.717) is 5.22 Å². The van der Waals surface area contributed by atoms with Gasteiger partial charge in [-0.15, -0.1) is 0 Å². The summed E-state index contributed by atoms with van der Waals surface area (Å²) in [6, 6.07) is 15.0. The molecule has 1 atom stereocenters. The van der Waals surface area contributed by atoms with Crippen LogP contribution >= 0.6 is 27.7 Å². The van der Waals surface area contributed by atoms with Crippen LogP contribution in [-0.2, 0) is 4.79 Å². The van der Waals surface area contributed by atoms with E-state index in [-0.39, 0.29) is 11.2 Å². The smallest absolute Gasteiger partial charge is 0.257 e. The fraction of sp³-hybridized carbons (Fsp3) is 0.125. The van der Waals surface area contributed by atoms with Gasteiger partial charge in [-0.1, -0.05) is 36.0 Å². The molecule has 1 heterocycles. The number of anilines is 1. The first-order valence-electron chi connectivity index (χ1n) is 6.71. The molecule has 0 aliphatic heterocycles. The van der Waals surface area contributed by atoms with E-state index in [9.17, 15) is 4.79 Å². The SMILES string of the molecule is CC(Sc1nc2ccccc2o1)C(=O)Nc1ccccc1Br. The Morgan fingerprint density at radius 2 is 1.95 bits per heavy atom. The van der Waals surface area contributed by atoms with E-state index in [2.05, 4.69) is 26.2 Å². The highest BCUT2D eigenvalue weighted by Gasteiger charge is 2.18. The Balaban J connectivity index is 1.69. The van der Waals surface area contributed by atoms with Crippen LogP contribution in [0, 0.1) is 0 Å². The summed E-state index contributed by atoms with van der Waals surface area (Å²) in [4.78, 5) is 16.6. The molecule has 22 heavy (non-hydrogen) atoms. The lowest BCUT2D eigenvalue weighted by molar-refractivity contribution is -0.115. The first kappa shape index (κ1) is 15.1. The lowest BCUT2D eigenvalue weighted by atomic mass is 10.3. The fourth-order valence-electron chi connectivity index (χ4n) is 1.90. The van der Waals surface area contributed by atoms with E-state index in [4.69, 9.17) is 4.42 Å². The molecule has 6 heteroatoms. The zero-order valence-corrected chi connectivity index (χ0v) is 14.1. The van der Waals surface area contributed by atoms with Crippen molar-refractivity contribution in [2.45, 2.75) is 17.4 Å². The molecule has 0 aliphatic carbocycles. The minimum atomic E-state index is -0.319. The number of nitrogens with zero attached hydrogens (tertiary/aromatic N) is 1. The summed E-state index contributed by atoms with van der Waals surface area (Å²) in [5, 5.41) is 3.06. The zero-order valence-electron chi connectivity index (χ0n) is 11.7. The van der Waals surface area contributed by atoms with Crippen LogP contribution in [0.25, 0.3) is 11.1 Å². The summed E-state index contributed by atoms with van der Waals surface area (Å²) < 4.78 is 6.47. The third-order valence-electron chi connectivity index (χ3n) is 3.05. The molecule has 0 radical (unpaired) electrons. The van der Waals surface area contributed by atoms with Crippen LogP contribution in [0.5, 0.6) is 0 Å². The summed E-state index contributed by atoms with van der Waals surface area (Å²) in [6.45, 7) is 1.83. The predicted octanol–water partition coefficient (Wildman–Crippen LogP) is 4.71. The van der Waals surface area contributed by atoms with E-state index >= 15 is 0 Å². The van der Waals surface area contributed by atoms with Gasteiger partial charge in [-0.25, -0.2) is 4.98 Å². The number of rotatable bonds is 4. The standard InChI is InChI=1S/C16H13BrN2O2S/c1-10(15(20)18-12-7-3-2-6-11(12)17)22-16-19-13-8-4-5-9-14(13)21-16/h2-10H,1H3,(H,18,20). The number of hydrogen-bond donors (Lipinski definition) is 1. The van der Waals surface area contributed by atoms with Crippen molar-refractivity contribution in [1.29, 1.82) is 0 Å². The number of aromatic nitrogens is 1. The predicted molar refractivity (Wildman–Crippen MR) is 92.1 cm³/mol. The second-order valence-electron chi connectivity index (χ2n) is 4.68. The van der Waals surface area contributed by atoms with Crippen molar-refractivity contribution in [3.05, 3.63) is 53.0 Å². The average molecular weight is 377 g/mol. The van der Waals surface area contributed by atoms with Gasteiger partial charge in [0.2, 0.25) is 5.91 Å². The molecule has 1 aromatic heterocycles. The number of amides is 1. The maximum atomic E-state index is 12.3. The summed E-state index contributed by atoms with van der Waals surface area (Å²) >= 11 is 4.71. The van der Waals surface area contributed by atoms with Crippen molar-refractivity contribution in [1.82, 2.24) is 4.98 Å². The molecule has 3 aromatic rings. The molecule has 0 saturated carbocycles. The second kappa shape index (κ2) is 6.54. The van der Waals surface area contributed by atoms with Gasteiger partial charge in [-0.05, 0) is 47.1 Å². The number of benzene rings is 2. The van der Waals surface area contributed by atoms with E-state index in [1.807, 2.05) is 55.5 Å². The van der Waals surface area contributed by atoms with Gasteiger partial charge in [0.15, 0.2) is 5.58 Å². The lowest BCUT2D eigenvalue weighted by Gasteiger charge is -2.11. The number of hydrogen-bond acceptors (Lipinski definition) is 4. The van der Waals surface area contributed by atoms with Gasteiger partial charge in [0.25, 0.3) is 5.22 Å². The molecule has 112 valence electrons. The quantitative estimate of drug-likeness (QED) is 0.669. The molecule has 4 nitrogen and oxygen atoms in total. The van der Waals surface area contributed by atoms with E-state index in [1.165, 1.54) is 11.8 Å². The van der Waals surface area contributed by atoms with Crippen LogP contribution in [0.4, 0.5) is 5.69 Å². The summed E-state index contributed by atoms with van der Waals surface area (Å²) in [6.07, 6.45) is 0. The lowest BCUT2D eigenvalue weighted by Crippen LogP contribution is -2.22. The molecule has 0 aliphatic rings. The molecular weight excluding hydrogens is 364 g/mol. The molecular formula is C16H13BrN2O2S. The van der Waals surface area contributed by atoms with Gasteiger partial charge in [0.1, 0.15) is 5.52 Å². The van der Waals surface area contributed by atoms with Crippen molar-refractivity contribution in [2.24, 2.45) is 0 Å². The van der Waals surface area contributed by atoms with Crippen molar-refractivity contribution >= 4 is 50.4 Å². The minimum absolute atomic E-state index is 0.0980. The highest BCUT2D eigenvalue weighted by molar-refractivity contribution is 9.10. The van der Waals surface area contributed by atoms with Gasteiger partial charge in [0, 0.05) is 4.47 Å². The van der Waals surface area contributed by atoms with E-state index in [1.54, 1.807) is 0 Å². The molecule has 1 unspecified atom stereocenters. The van der Waals surface area contributed by atoms with Gasteiger partial charge in [-0.2, -0.15) is 0 Å². The van der Waals surface area contributed by atoms with Gasteiger partial charge < -0.3 is 9.73 Å². The number of fused-ring (bicyclic) bond motifs is 1. The molecule has 3 rings (SSSR count). The number of para-hydroxylation sites is 3. The normalized spacial score (nSPS) is 12.3. The minimum Gasteiger partial charge on any atom is -0.431 e. The first-order chi connectivity index (χ1) is 10.6. The number of halogens is 1. The average Bonchev–Trinajstić information content (AvgIpc) is 2.91. The van der Waals surface area contributed by atoms with Crippen LogP contribution in [0.1, 0.15) is 6.92 Å². The number of oxazole rings is 1. The Hall–Kier alpha value is -1.79. The second-order valence-corrected chi connectivity index (χ2v) is 6.82. The third-order valence-corrected chi connectivity index (χ3v) is 4.69. The van der Waals surface area contributed by atoms with Crippen molar-refractivity contribution < 1.29 is 9.21 Å². The van der Waals surface area contributed by atoms with Gasteiger partial charge in [0.05, 0.1) is 10.9 Å². The Morgan fingerprint density at radius 1 is 1.23 bits per heavy atom. The van der Waals surface area contributed by atoms with Crippen molar-refractivity contribution in [3.63, 3.8) is 0 Å². The molecule has 1 N–H and O–H groups in total. The molecule has 1 amide bonds. The van der Waals surface area contributed by atoms with Crippen LogP contribution in [0.2, 0.25) is 0 Å². The maximum Gasteiger partial charge on any atom is 0.257 e. The topological polar surface area (TPSA) is 55.1 Å². The van der Waals surface area contributed by atoms with Gasteiger partial charge in [-0.3, -0.25) is 4.79 Å². The summed E-state index contributed by atoms with van der Waals surface area (Å²) in [5.41, 5.74) is 2.27. The Labute approximate surface area is 140 Å². The molecule has 0 bridgehead atoms. The van der Waals surface area contributed by atoms with E-state index < -0.39 is 0 Å². The highest BCUT2D eigenvalue weighted by Crippen LogP contribution is 2.28. The van der Waals surface area contributed by atoms with Crippen molar-refractivity contribution in [2.75, 3.05) is 5.32 Å².